The molecule has 1 fully saturated rings. The minimum absolute atomic E-state index is 0.0718. The molecule has 0 saturated carbocycles. The Bertz CT molecular complexity index is 733. The van der Waals surface area contributed by atoms with Gasteiger partial charge in [0.2, 0.25) is 5.91 Å². The zero-order chi connectivity index (χ0) is 18.2. The van der Waals surface area contributed by atoms with E-state index in [1.54, 1.807) is 25.1 Å². The minimum atomic E-state index is -1.26. The van der Waals surface area contributed by atoms with Crippen molar-refractivity contribution in [2.75, 3.05) is 19.8 Å². The second kappa shape index (κ2) is 6.27. The van der Waals surface area contributed by atoms with E-state index in [1.807, 2.05) is 13.8 Å². The molecule has 2 heterocycles. The van der Waals surface area contributed by atoms with Gasteiger partial charge in [-0.2, -0.15) is 0 Å². The molecule has 1 saturated heterocycles. The fourth-order valence-corrected chi connectivity index (χ4v) is 2.90. The van der Waals surface area contributed by atoms with Gasteiger partial charge < -0.3 is 20.1 Å². The minimum Gasteiger partial charge on any atom is -0.486 e. The van der Waals surface area contributed by atoms with E-state index < -0.39 is 17.5 Å². The van der Waals surface area contributed by atoms with Crippen LogP contribution in [0.5, 0.6) is 11.5 Å². The maximum Gasteiger partial charge on any atom is 0.325 e. The van der Waals surface area contributed by atoms with Gasteiger partial charge in [-0.25, -0.2) is 4.79 Å². The predicted octanol–water partition coefficient (Wildman–Crippen LogP) is 0.749. The SMILES string of the molecule is CC(C)NC(=O)CN1C(=O)N[C@@](C)(c2ccc3c(c2)OCCO3)C1=O. The second-order valence-electron chi connectivity index (χ2n) is 6.53. The first-order chi connectivity index (χ1) is 11.8. The summed E-state index contributed by atoms with van der Waals surface area (Å²) in [7, 11) is 0. The number of benzene rings is 1. The van der Waals surface area contributed by atoms with Gasteiger partial charge in [-0.15, -0.1) is 0 Å². The van der Waals surface area contributed by atoms with E-state index in [-0.39, 0.29) is 18.5 Å². The number of rotatable bonds is 4. The van der Waals surface area contributed by atoms with Crippen LogP contribution in [0.1, 0.15) is 26.3 Å². The molecule has 1 aromatic rings. The molecule has 0 radical (unpaired) electrons. The van der Waals surface area contributed by atoms with Crippen LogP contribution in [0.2, 0.25) is 0 Å². The first-order valence-corrected chi connectivity index (χ1v) is 8.15. The summed E-state index contributed by atoms with van der Waals surface area (Å²) in [5, 5.41) is 5.34. The molecule has 0 bridgehead atoms. The number of fused-ring (bicyclic) bond motifs is 1. The highest BCUT2D eigenvalue weighted by molar-refractivity contribution is 6.09. The van der Waals surface area contributed by atoms with E-state index in [0.717, 1.165) is 4.90 Å². The molecular weight excluding hydrogens is 326 g/mol. The van der Waals surface area contributed by atoms with E-state index in [0.29, 0.717) is 30.3 Å². The van der Waals surface area contributed by atoms with Crippen LogP contribution in [-0.2, 0) is 15.1 Å². The Hall–Kier alpha value is -2.77. The summed E-state index contributed by atoms with van der Waals surface area (Å²) in [6.45, 7) is 5.81. The van der Waals surface area contributed by atoms with Gasteiger partial charge in [0.15, 0.2) is 11.5 Å². The number of nitrogens with one attached hydrogen (secondary N) is 2. The Morgan fingerprint density at radius 1 is 1.28 bits per heavy atom. The lowest BCUT2D eigenvalue weighted by atomic mass is 9.91. The molecule has 25 heavy (non-hydrogen) atoms. The zero-order valence-corrected chi connectivity index (χ0v) is 14.4. The van der Waals surface area contributed by atoms with Crippen LogP contribution in [0.4, 0.5) is 4.79 Å². The number of imide groups is 1. The van der Waals surface area contributed by atoms with Gasteiger partial charge in [-0.3, -0.25) is 14.5 Å². The van der Waals surface area contributed by atoms with Crippen molar-refractivity contribution in [1.82, 2.24) is 15.5 Å². The average Bonchev–Trinajstić information content (AvgIpc) is 2.78. The monoisotopic (exact) mass is 347 g/mol. The highest BCUT2D eigenvalue weighted by Crippen LogP contribution is 2.36. The molecule has 3 rings (SSSR count). The van der Waals surface area contributed by atoms with Crippen molar-refractivity contribution in [2.45, 2.75) is 32.4 Å². The lowest BCUT2D eigenvalue weighted by molar-refractivity contribution is -0.135. The number of ether oxygens (including phenoxy) is 2. The normalized spacial score (nSPS) is 22.2. The van der Waals surface area contributed by atoms with Gasteiger partial charge in [0.25, 0.3) is 5.91 Å². The van der Waals surface area contributed by atoms with E-state index in [2.05, 4.69) is 10.6 Å². The fourth-order valence-electron chi connectivity index (χ4n) is 2.90. The van der Waals surface area contributed by atoms with Gasteiger partial charge in [0, 0.05) is 6.04 Å². The summed E-state index contributed by atoms with van der Waals surface area (Å²) in [4.78, 5) is 37.9. The lowest BCUT2D eigenvalue weighted by Gasteiger charge is -2.25. The molecule has 0 aliphatic carbocycles. The first kappa shape index (κ1) is 17.1. The number of carbonyl (C=O) groups excluding carboxylic acids is 3. The van der Waals surface area contributed by atoms with E-state index in [1.165, 1.54) is 0 Å². The van der Waals surface area contributed by atoms with Crippen molar-refractivity contribution < 1.29 is 23.9 Å². The van der Waals surface area contributed by atoms with Crippen molar-refractivity contribution in [2.24, 2.45) is 0 Å². The largest absolute Gasteiger partial charge is 0.486 e. The average molecular weight is 347 g/mol. The predicted molar refractivity (Wildman–Crippen MR) is 88.3 cm³/mol. The molecule has 1 aromatic carbocycles. The summed E-state index contributed by atoms with van der Waals surface area (Å²) in [6, 6.07) is 4.44. The Morgan fingerprint density at radius 2 is 1.96 bits per heavy atom. The van der Waals surface area contributed by atoms with E-state index >= 15 is 0 Å². The van der Waals surface area contributed by atoms with E-state index in [9.17, 15) is 14.4 Å². The lowest BCUT2D eigenvalue weighted by Crippen LogP contribution is -2.44. The molecule has 0 spiro atoms. The number of urea groups is 1. The Kier molecular flexibility index (Phi) is 4.28. The fraction of sp³-hybridized carbons (Fsp3) is 0.471. The van der Waals surface area contributed by atoms with Crippen LogP contribution in [0.15, 0.2) is 18.2 Å². The van der Waals surface area contributed by atoms with Gasteiger partial charge >= 0.3 is 6.03 Å². The van der Waals surface area contributed by atoms with Crippen LogP contribution in [0.3, 0.4) is 0 Å². The second-order valence-corrected chi connectivity index (χ2v) is 6.53. The molecule has 2 N–H and O–H groups in total. The Labute approximate surface area is 145 Å². The quantitative estimate of drug-likeness (QED) is 0.784. The van der Waals surface area contributed by atoms with Crippen molar-refractivity contribution in [3.05, 3.63) is 23.8 Å². The van der Waals surface area contributed by atoms with Crippen molar-refractivity contribution >= 4 is 17.8 Å². The molecule has 0 aromatic heterocycles. The number of hydrogen-bond donors (Lipinski definition) is 2. The van der Waals surface area contributed by atoms with Gasteiger partial charge in [-0.05, 0) is 38.5 Å². The zero-order valence-electron chi connectivity index (χ0n) is 14.4. The van der Waals surface area contributed by atoms with Crippen LogP contribution in [0, 0.1) is 0 Å². The molecule has 4 amide bonds. The summed E-state index contributed by atoms with van der Waals surface area (Å²) < 4.78 is 11.0. The van der Waals surface area contributed by atoms with Gasteiger partial charge in [-0.1, -0.05) is 6.07 Å². The van der Waals surface area contributed by atoms with Crippen LogP contribution >= 0.6 is 0 Å². The maximum absolute atomic E-state index is 12.8. The molecule has 1 atom stereocenters. The number of carbonyl (C=O) groups is 3. The third-order valence-electron chi connectivity index (χ3n) is 4.15. The third kappa shape index (κ3) is 3.11. The molecule has 2 aliphatic heterocycles. The number of amides is 4. The summed E-state index contributed by atoms with van der Waals surface area (Å²) in [5.74, 6) is 0.268. The number of hydrogen-bond acceptors (Lipinski definition) is 5. The highest BCUT2D eigenvalue weighted by atomic mass is 16.6. The van der Waals surface area contributed by atoms with Crippen LogP contribution in [0.25, 0.3) is 0 Å². The van der Waals surface area contributed by atoms with E-state index in [4.69, 9.17) is 9.47 Å². The molecular formula is C17H21N3O5. The topological polar surface area (TPSA) is 97.0 Å². The number of nitrogens with zero attached hydrogens (tertiary/aromatic N) is 1. The molecule has 2 aliphatic rings. The maximum atomic E-state index is 12.8. The summed E-state index contributed by atoms with van der Waals surface area (Å²) in [5.41, 5.74) is -0.688. The van der Waals surface area contributed by atoms with Crippen molar-refractivity contribution in [3.63, 3.8) is 0 Å². The summed E-state index contributed by atoms with van der Waals surface area (Å²) >= 11 is 0. The molecule has 0 unspecified atom stereocenters. The van der Waals surface area contributed by atoms with Crippen LogP contribution < -0.4 is 20.1 Å². The smallest absolute Gasteiger partial charge is 0.325 e. The molecule has 8 nitrogen and oxygen atoms in total. The third-order valence-corrected chi connectivity index (χ3v) is 4.15. The molecule has 134 valence electrons. The Balaban J connectivity index is 1.83. The van der Waals surface area contributed by atoms with Crippen molar-refractivity contribution in [3.8, 4) is 11.5 Å². The highest BCUT2D eigenvalue weighted by Gasteiger charge is 2.49. The van der Waals surface area contributed by atoms with Gasteiger partial charge in [0.05, 0.1) is 0 Å². The van der Waals surface area contributed by atoms with Crippen molar-refractivity contribution in [1.29, 1.82) is 0 Å². The first-order valence-electron chi connectivity index (χ1n) is 8.15. The standard InChI is InChI=1S/C17H21N3O5/c1-10(2)18-14(21)9-20-15(22)17(3,19-16(20)23)11-4-5-12-13(8-11)25-7-6-24-12/h4-5,8,10H,6-7,9H2,1-3H3,(H,18,21)(H,19,23)/t17-/m0/s1. The summed E-state index contributed by atoms with van der Waals surface area (Å²) in [6.07, 6.45) is 0. The van der Waals surface area contributed by atoms with Gasteiger partial charge in [0.1, 0.15) is 25.3 Å². The van der Waals surface area contributed by atoms with Crippen LogP contribution in [-0.4, -0.2) is 48.5 Å². The Morgan fingerprint density at radius 3 is 2.64 bits per heavy atom. The molecule has 8 heteroatoms.